The van der Waals surface area contributed by atoms with E-state index >= 15 is 0 Å². The van der Waals surface area contributed by atoms with Gasteiger partial charge in [0.15, 0.2) is 5.69 Å². The van der Waals surface area contributed by atoms with Gasteiger partial charge in [0.05, 0.1) is 5.56 Å². The van der Waals surface area contributed by atoms with Crippen molar-refractivity contribution in [2.24, 2.45) is 0 Å². The number of hydrogen-bond donors (Lipinski definition) is 1. The summed E-state index contributed by atoms with van der Waals surface area (Å²) in [6.07, 6.45) is 0. The van der Waals surface area contributed by atoms with Gasteiger partial charge in [0.25, 0.3) is 0 Å². The molecule has 0 radical (unpaired) electrons. The van der Waals surface area contributed by atoms with Gasteiger partial charge >= 0.3 is 11.9 Å². The number of pyridine rings is 1. The standard InChI is InChI=1S/C11H12ClNO4/c1-11(2,3)17-10(16)6-4-7(9(14)15)13-8(12)5-6/h4-5H,1-3H3,(H,14,15). The van der Waals surface area contributed by atoms with Crippen molar-refractivity contribution in [3.8, 4) is 0 Å². The summed E-state index contributed by atoms with van der Waals surface area (Å²) in [5.74, 6) is -1.89. The lowest BCUT2D eigenvalue weighted by atomic mass is 10.2. The molecule has 17 heavy (non-hydrogen) atoms. The first-order chi connectivity index (χ1) is 7.69. The Labute approximate surface area is 103 Å². The van der Waals surface area contributed by atoms with Crippen molar-refractivity contribution < 1.29 is 19.4 Å². The molecule has 1 aromatic rings. The molecule has 1 heterocycles. The van der Waals surface area contributed by atoms with Gasteiger partial charge in [0, 0.05) is 0 Å². The van der Waals surface area contributed by atoms with Crippen molar-refractivity contribution in [1.82, 2.24) is 4.98 Å². The van der Waals surface area contributed by atoms with Gasteiger partial charge in [-0.25, -0.2) is 14.6 Å². The predicted octanol–water partition coefficient (Wildman–Crippen LogP) is 2.39. The molecule has 0 amide bonds. The Hall–Kier alpha value is -1.62. The van der Waals surface area contributed by atoms with Crippen LogP contribution in [-0.2, 0) is 4.74 Å². The Morgan fingerprint density at radius 1 is 1.35 bits per heavy atom. The molecule has 6 heteroatoms. The minimum Gasteiger partial charge on any atom is -0.477 e. The number of hydrogen-bond acceptors (Lipinski definition) is 4. The molecule has 1 N–H and O–H groups in total. The average molecular weight is 258 g/mol. The molecular formula is C11H12ClNO4. The van der Waals surface area contributed by atoms with Crippen LogP contribution in [0.15, 0.2) is 12.1 Å². The van der Waals surface area contributed by atoms with Crippen LogP contribution in [0.1, 0.15) is 41.6 Å². The van der Waals surface area contributed by atoms with Crippen LogP contribution < -0.4 is 0 Å². The smallest absolute Gasteiger partial charge is 0.354 e. The van der Waals surface area contributed by atoms with E-state index in [9.17, 15) is 9.59 Å². The first-order valence-electron chi connectivity index (χ1n) is 4.83. The number of carboxylic acid groups (broad SMARTS) is 1. The van der Waals surface area contributed by atoms with Crippen molar-refractivity contribution in [2.75, 3.05) is 0 Å². The van der Waals surface area contributed by atoms with E-state index in [0.717, 1.165) is 6.07 Å². The van der Waals surface area contributed by atoms with Crippen molar-refractivity contribution in [3.63, 3.8) is 0 Å². The molecule has 0 aliphatic carbocycles. The Balaban J connectivity index is 3.06. The van der Waals surface area contributed by atoms with Crippen LogP contribution in [0.25, 0.3) is 0 Å². The molecule has 0 aliphatic heterocycles. The van der Waals surface area contributed by atoms with Crippen molar-refractivity contribution in [3.05, 3.63) is 28.5 Å². The van der Waals surface area contributed by atoms with Gasteiger partial charge in [-0.05, 0) is 32.9 Å². The van der Waals surface area contributed by atoms with Crippen molar-refractivity contribution >= 4 is 23.5 Å². The summed E-state index contributed by atoms with van der Waals surface area (Å²) in [4.78, 5) is 26.0. The number of rotatable bonds is 2. The fourth-order valence-electron chi connectivity index (χ4n) is 1.06. The van der Waals surface area contributed by atoms with E-state index in [1.807, 2.05) is 0 Å². The monoisotopic (exact) mass is 257 g/mol. The second kappa shape index (κ2) is 4.71. The van der Waals surface area contributed by atoms with E-state index in [4.69, 9.17) is 21.4 Å². The van der Waals surface area contributed by atoms with E-state index in [1.54, 1.807) is 20.8 Å². The molecule has 0 saturated heterocycles. The topological polar surface area (TPSA) is 76.5 Å². The van der Waals surface area contributed by atoms with E-state index in [-0.39, 0.29) is 16.4 Å². The van der Waals surface area contributed by atoms with Gasteiger partial charge in [0.1, 0.15) is 10.8 Å². The Kier molecular flexibility index (Phi) is 3.72. The van der Waals surface area contributed by atoms with E-state index in [2.05, 4.69) is 4.98 Å². The highest BCUT2D eigenvalue weighted by molar-refractivity contribution is 6.29. The summed E-state index contributed by atoms with van der Waals surface area (Å²) in [6, 6.07) is 2.39. The zero-order valence-electron chi connectivity index (χ0n) is 9.65. The predicted molar refractivity (Wildman–Crippen MR) is 61.4 cm³/mol. The maximum atomic E-state index is 11.7. The van der Waals surface area contributed by atoms with E-state index < -0.39 is 17.5 Å². The Morgan fingerprint density at radius 2 is 1.94 bits per heavy atom. The zero-order valence-corrected chi connectivity index (χ0v) is 10.4. The summed E-state index contributed by atoms with van der Waals surface area (Å²) >= 11 is 5.63. The quantitative estimate of drug-likeness (QED) is 0.650. The van der Waals surface area contributed by atoms with Gasteiger partial charge in [-0.1, -0.05) is 11.6 Å². The molecule has 0 aromatic carbocycles. The van der Waals surface area contributed by atoms with Crippen LogP contribution in [0.3, 0.4) is 0 Å². The molecule has 5 nitrogen and oxygen atoms in total. The lowest BCUT2D eigenvalue weighted by molar-refractivity contribution is 0.00694. The first-order valence-corrected chi connectivity index (χ1v) is 5.21. The lowest BCUT2D eigenvalue weighted by Crippen LogP contribution is -2.24. The molecule has 0 fully saturated rings. The molecule has 0 atom stereocenters. The third-order valence-corrected chi connectivity index (χ3v) is 1.84. The number of carbonyl (C=O) groups is 2. The summed E-state index contributed by atoms with van der Waals surface area (Å²) in [5, 5.41) is 8.71. The number of aromatic nitrogens is 1. The second-order valence-corrected chi connectivity index (χ2v) is 4.76. The van der Waals surface area contributed by atoms with E-state index in [0.29, 0.717) is 0 Å². The highest BCUT2D eigenvalue weighted by Crippen LogP contribution is 2.16. The van der Waals surface area contributed by atoms with Gasteiger partial charge in [-0.15, -0.1) is 0 Å². The van der Waals surface area contributed by atoms with Crippen LogP contribution in [0.2, 0.25) is 5.15 Å². The highest BCUT2D eigenvalue weighted by atomic mass is 35.5. The first kappa shape index (κ1) is 13.4. The summed E-state index contributed by atoms with van der Waals surface area (Å²) < 4.78 is 5.10. The molecule has 0 saturated carbocycles. The number of carboxylic acids is 1. The lowest BCUT2D eigenvalue weighted by Gasteiger charge is -2.19. The zero-order chi connectivity index (χ0) is 13.2. The SMILES string of the molecule is CC(C)(C)OC(=O)c1cc(Cl)nc(C(=O)O)c1. The largest absolute Gasteiger partial charge is 0.477 e. The third-order valence-electron chi connectivity index (χ3n) is 1.65. The summed E-state index contributed by atoms with van der Waals surface area (Å²) in [7, 11) is 0. The van der Waals surface area contributed by atoms with E-state index in [1.165, 1.54) is 6.07 Å². The van der Waals surface area contributed by atoms with Gasteiger partial charge in [-0.2, -0.15) is 0 Å². The molecule has 0 unspecified atom stereocenters. The molecular weight excluding hydrogens is 246 g/mol. The number of ether oxygens (including phenoxy) is 1. The third kappa shape index (κ3) is 4.03. The van der Waals surface area contributed by atoms with Crippen LogP contribution in [0.4, 0.5) is 0 Å². The van der Waals surface area contributed by atoms with Crippen LogP contribution in [0, 0.1) is 0 Å². The highest BCUT2D eigenvalue weighted by Gasteiger charge is 2.20. The minimum absolute atomic E-state index is 0.0641. The number of halogens is 1. The Bertz CT molecular complexity index is 465. The Morgan fingerprint density at radius 3 is 2.41 bits per heavy atom. The fraction of sp³-hybridized carbons (Fsp3) is 0.364. The molecule has 1 aromatic heterocycles. The molecule has 0 spiro atoms. The second-order valence-electron chi connectivity index (χ2n) is 4.37. The fourth-order valence-corrected chi connectivity index (χ4v) is 1.27. The number of nitrogens with zero attached hydrogens (tertiary/aromatic N) is 1. The summed E-state index contributed by atoms with van der Waals surface area (Å²) in [6.45, 7) is 5.14. The minimum atomic E-state index is -1.25. The summed E-state index contributed by atoms with van der Waals surface area (Å²) in [5.41, 5.74) is -0.883. The number of aromatic carboxylic acids is 1. The average Bonchev–Trinajstić information content (AvgIpc) is 2.13. The van der Waals surface area contributed by atoms with Gasteiger partial charge in [0.2, 0.25) is 0 Å². The van der Waals surface area contributed by atoms with Crippen molar-refractivity contribution in [1.29, 1.82) is 0 Å². The van der Waals surface area contributed by atoms with Crippen LogP contribution >= 0.6 is 11.6 Å². The van der Waals surface area contributed by atoms with Crippen LogP contribution in [0.5, 0.6) is 0 Å². The van der Waals surface area contributed by atoms with Gasteiger partial charge in [-0.3, -0.25) is 0 Å². The maximum Gasteiger partial charge on any atom is 0.354 e. The number of esters is 1. The maximum absolute atomic E-state index is 11.7. The van der Waals surface area contributed by atoms with Gasteiger partial charge < -0.3 is 9.84 Å². The normalized spacial score (nSPS) is 11.1. The molecule has 0 bridgehead atoms. The molecule has 1 rings (SSSR count). The van der Waals surface area contributed by atoms with Crippen LogP contribution in [-0.4, -0.2) is 27.6 Å². The molecule has 92 valence electrons. The molecule has 0 aliphatic rings. The van der Waals surface area contributed by atoms with Crippen molar-refractivity contribution in [2.45, 2.75) is 26.4 Å². The number of carbonyl (C=O) groups excluding carboxylic acids is 1.